The van der Waals surface area contributed by atoms with Crippen molar-refractivity contribution in [3.05, 3.63) is 51.8 Å². The van der Waals surface area contributed by atoms with Gasteiger partial charge in [0.15, 0.2) is 5.69 Å². The minimum atomic E-state index is -4.48. The van der Waals surface area contributed by atoms with Crippen molar-refractivity contribution in [3.8, 4) is 0 Å². The first-order valence-electron chi connectivity index (χ1n) is 7.45. The van der Waals surface area contributed by atoms with Crippen LogP contribution in [0.3, 0.4) is 0 Å². The fourth-order valence-corrected chi connectivity index (χ4v) is 3.06. The summed E-state index contributed by atoms with van der Waals surface area (Å²) in [6.07, 6.45) is -3.82. The van der Waals surface area contributed by atoms with E-state index in [9.17, 15) is 23.1 Å². The number of hydrogen-bond donors (Lipinski definition) is 2. The Hall–Kier alpha value is -2.35. The van der Waals surface area contributed by atoms with E-state index in [4.69, 9.17) is 0 Å². The second kappa shape index (κ2) is 5.94. The normalized spacial score (nSPS) is 15.3. The van der Waals surface area contributed by atoms with E-state index >= 15 is 0 Å². The second-order valence-corrected chi connectivity index (χ2v) is 5.88. The number of nitrogens with one attached hydrogen (secondary N) is 1. The fourth-order valence-electron chi connectivity index (χ4n) is 3.06. The lowest BCUT2D eigenvalue weighted by Gasteiger charge is -2.29. The summed E-state index contributed by atoms with van der Waals surface area (Å²) in [7, 11) is 0. The number of halogens is 3. The molecule has 8 heteroatoms. The third-order valence-corrected chi connectivity index (χ3v) is 4.34. The van der Waals surface area contributed by atoms with Gasteiger partial charge in [0, 0.05) is 25.2 Å². The highest BCUT2D eigenvalue weighted by Gasteiger charge is 2.36. The van der Waals surface area contributed by atoms with Gasteiger partial charge in [0.25, 0.3) is 0 Å². The van der Waals surface area contributed by atoms with Gasteiger partial charge >= 0.3 is 12.1 Å². The lowest BCUT2D eigenvalue weighted by Crippen LogP contribution is -2.31. The third kappa shape index (κ3) is 3.01. The molecule has 1 aromatic heterocycles. The average Bonchev–Trinajstić information content (AvgIpc) is 2.87. The standard InChI is InChI=1S/C16H16F3N3O2/c1-9-13(20-21-14(9)16(17,18)19)8-22-6-5-10-3-2-4-11(15(23)24)12(10)7-22/h2-4H,5-8H2,1H3,(H,20,21)(H,23,24). The zero-order valence-corrected chi connectivity index (χ0v) is 12.9. The van der Waals surface area contributed by atoms with Gasteiger partial charge in [0.05, 0.1) is 11.3 Å². The summed E-state index contributed by atoms with van der Waals surface area (Å²) in [6.45, 7) is 2.69. The largest absolute Gasteiger partial charge is 0.478 e. The van der Waals surface area contributed by atoms with Gasteiger partial charge in [-0.2, -0.15) is 18.3 Å². The molecule has 2 aromatic rings. The molecule has 0 saturated heterocycles. The maximum Gasteiger partial charge on any atom is 0.435 e. The van der Waals surface area contributed by atoms with Crippen LogP contribution in [-0.4, -0.2) is 32.7 Å². The Kier molecular flexibility index (Phi) is 4.08. The van der Waals surface area contributed by atoms with Crippen LogP contribution in [0.15, 0.2) is 18.2 Å². The number of carboxylic acid groups (broad SMARTS) is 1. The summed E-state index contributed by atoms with van der Waals surface area (Å²) < 4.78 is 38.5. The predicted octanol–water partition coefficient (Wildman–Crippen LogP) is 2.99. The highest BCUT2D eigenvalue weighted by atomic mass is 19.4. The topological polar surface area (TPSA) is 69.2 Å². The molecule has 0 bridgehead atoms. The summed E-state index contributed by atoms with van der Waals surface area (Å²) >= 11 is 0. The summed E-state index contributed by atoms with van der Waals surface area (Å²) in [5, 5.41) is 15.1. The molecule has 0 aliphatic carbocycles. The molecule has 0 fully saturated rings. The molecule has 2 N–H and O–H groups in total. The number of nitrogens with zero attached hydrogens (tertiary/aromatic N) is 2. The molecule has 3 rings (SSSR count). The lowest BCUT2D eigenvalue weighted by atomic mass is 9.94. The quantitative estimate of drug-likeness (QED) is 0.902. The highest BCUT2D eigenvalue weighted by Crippen LogP contribution is 2.32. The van der Waals surface area contributed by atoms with Gasteiger partial charge in [-0.1, -0.05) is 12.1 Å². The Morgan fingerprint density at radius 2 is 2.17 bits per heavy atom. The molecule has 0 radical (unpaired) electrons. The number of alkyl halides is 3. The van der Waals surface area contributed by atoms with E-state index in [0.29, 0.717) is 25.2 Å². The summed E-state index contributed by atoms with van der Waals surface area (Å²) in [5.41, 5.74) is 1.53. The van der Waals surface area contributed by atoms with Crippen molar-refractivity contribution in [1.82, 2.24) is 15.1 Å². The minimum absolute atomic E-state index is 0.0832. The van der Waals surface area contributed by atoms with Crippen LogP contribution in [0.2, 0.25) is 0 Å². The van der Waals surface area contributed by atoms with Crippen molar-refractivity contribution in [2.24, 2.45) is 0 Å². The number of aromatic nitrogens is 2. The second-order valence-electron chi connectivity index (χ2n) is 5.88. The first-order chi connectivity index (χ1) is 11.3. The number of carbonyl (C=O) groups is 1. The SMILES string of the molecule is Cc1c(C(F)(F)F)n[nH]c1CN1CCc2cccc(C(=O)O)c2C1. The van der Waals surface area contributed by atoms with E-state index in [0.717, 1.165) is 11.1 Å². The monoisotopic (exact) mass is 339 g/mol. The first kappa shape index (κ1) is 16.5. The molecule has 1 aromatic carbocycles. The Bertz CT molecular complexity index is 783. The van der Waals surface area contributed by atoms with Crippen LogP contribution in [-0.2, 0) is 25.7 Å². The van der Waals surface area contributed by atoms with Crippen molar-refractivity contribution >= 4 is 5.97 Å². The van der Waals surface area contributed by atoms with E-state index in [-0.39, 0.29) is 17.7 Å². The van der Waals surface area contributed by atoms with Gasteiger partial charge < -0.3 is 5.11 Å². The smallest absolute Gasteiger partial charge is 0.435 e. The summed E-state index contributed by atoms with van der Waals surface area (Å²) in [5.74, 6) is -0.995. The molecule has 1 aliphatic rings. The number of rotatable bonds is 3. The van der Waals surface area contributed by atoms with Gasteiger partial charge in [-0.05, 0) is 30.5 Å². The zero-order valence-electron chi connectivity index (χ0n) is 12.9. The van der Waals surface area contributed by atoms with Crippen molar-refractivity contribution in [3.63, 3.8) is 0 Å². The molecule has 0 atom stereocenters. The van der Waals surface area contributed by atoms with E-state index in [1.165, 1.54) is 6.92 Å². The molecule has 2 heterocycles. The number of benzene rings is 1. The fraction of sp³-hybridized carbons (Fsp3) is 0.375. The van der Waals surface area contributed by atoms with Gasteiger partial charge in [-0.25, -0.2) is 4.79 Å². The molecule has 0 spiro atoms. The van der Waals surface area contributed by atoms with Crippen LogP contribution in [0.4, 0.5) is 13.2 Å². The minimum Gasteiger partial charge on any atom is -0.478 e. The van der Waals surface area contributed by atoms with Gasteiger partial charge in [-0.3, -0.25) is 10.00 Å². The van der Waals surface area contributed by atoms with Crippen molar-refractivity contribution in [2.75, 3.05) is 6.54 Å². The zero-order chi connectivity index (χ0) is 17.5. The van der Waals surface area contributed by atoms with Crippen molar-refractivity contribution < 1.29 is 23.1 Å². The molecular weight excluding hydrogens is 323 g/mol. The number of H-pyrrole nitrogens is 1. The third-order valence-electron chi connectivity index (χ3n) is 4.34. The van der Waals surface area contributed by atoms with Crippen molar-refractivity contribution in [2.45, 2.75) is 32.6 Å². The molecule has 0 saturated carbocycles. The Labute approximate surface area is 136 Å². The number of fused-ring (bicyclic) bond motifs is 1. The van der Waals surface area contributed by atoms with Gasteiger partial charge in [0.1, 0.15) is 0 Å². The summed E-state index contributed by atoms with van der Waals surface area (Å²) in [6, 6.07) is 5.16. The number of carboxylic acids is 1. The molecule has 0 amide bonds. The molecule has 24 heavy (non-hydrogen) atoms. The van der Waals surface area contributed by atoms with Crippen LogP contribution < -0.4 is 0 Å². The molecule has 0 unspecified atom stereocenters. The molecule has 5 nitrogen and oxygen atoms in total. The Morgan fingerprint density at radius 1 is 1.42 bits per heavy atom. The molecule has 1 aliphatic heterocycles. The van der Waals surface area contributed by atoms with Gasteiger partial charge in [-0.15, -0.1) is 0 Å². The first-order valence-corrected chi connectivity index (χ1v) is 7.45. The van der Waals surface area contributed by atoms with E-state index in [2.05, 4.69) is 10.2 Å². The molecule has 128 valence electrons. The van der Waals surface area contributed by atoms with Crippen LogP contribution in [0.1, 0.15) is 38.4 Å². The number of hydrogen-bond acceptors (Lipinski definition) is 3. The van der Waals surface area contributed by atoms with E-state index in [1.54, 1.807) is 12.1 Å². The van der Waals surface area contributed by atoms with Crippen LogP contribution in [0.25, 0.3) is 0 Å². The van der Waals surface area contributed by atoms with Crippen molar-refractivity contribution in [1.29, 1.82) is 0 Å². The molecular formula is C16H16F3N3O2. The number of aromatic carboxylic acids is 1. The maximum absolute atomic E-state index is 12.8. The highest BCUT2D eigenvalue weighted by molar-refractivity contribution is 5.89. The van der Waals surface area contributed by atoms with Gasteiger partial charge in [0.2, 0.25) is 0 Å². The van der Waals surface area contributed by atoms with E-state index < -0.39 is 17.8 Å². The Morgan fingerprint density at radius 3 is 2.79 bits per heavy atom. The van der Waals surface area contributed by atoms with Crippen LogP contribution >= 0.6 is 0 Å². The Balaban J connectivity index is 1.82. The van der Waals surface area contributed by atoms with E-state index in [1.807, 2.05) is 11.0 Å². The lowest BCUT2D eigenvalue weighted by molar-refractivity contribution is -0.141. The maximum atomic E-state index is 12.8. The predicted molar refractivity (Wildman–Crippen MR) is 79.5 cm³/mol. The number of aromatic amines is 1. The van der Waals surface area contributed by atoms with Crippen LogP contribution in [0, 0.1) is 6.92 Å². The average molecular weight is 339 g/mol. The summed E-state index contributed by atoms with van der Waals surface area (Å²) in [4.78, 5) is 13.3. The van der Waals surface area contributed by atoms with Crippen LogP contribution in [0.5, 0.6) is 0 Å².